The molecule has 0 atom stereocenters. The summed E-state index contributed by atoms with van der Waals surface area (Å²) in [5.41, 5.74) is 1.40. The highest BCUT2D eigenvalue weighted by Gasteiger charge is 2.29. The normalized spacial score (nSPS) is 17.6. The Balaban J connectivity index is 1.68. The molecule has 2 aromatic rings. The van der Waals surface area contributed by atoms with Gasteiger partial charge in [-0.2, -0.15) is 0 Å². The van der Waals surface area contributed by atoms with Gasteiger partial charge in [-0.1, -0.05) is 30.3 Å². The maximum atomic E-state index is 13.6. The summed E-state index contributed by atoms with van der Waals surface area (Å²) >= 11 is 1.35. The molecule has 0 spiro atoms. The molecule has 0 aliphatic carbocycles. The summed E-state index contributed by atoms with van der Waals surface area (Å²) in [5.74, 6) is 0.298. The molecule has 0 radical (unpaired) electrons. The molecule has 1 aliphatic heterocycles. The number of amides is 1. The lowest BCUT2D eigenvalue weighted by Crippen LogP contribution is -2.23. The van der Waals surface area contributed by atoms with E-state index in [1.54, 1.807) is 44.4 Å². The first-order chi connectivity index (χ1) is 12.1. The summed E-state index contributed by atoms with van der Waals surface area (Å²) in [7, 11) is 3.37. The van der Waals surface area contributed by atoms with Crippen LogP contribution in [0.15, 0.2) is 58.4 Å². The first kappa shape index (κ1) is 17.2. The molecule has 2 aromatic carbocycles. The quantitative estimate of drug-likeness (QED) is 0.780. The Morgan fingerprint density at radius 2 is 1.92 bits per heavy atom. The van der Waals surface area contributed by atoms with E-state index in [2.05, 4.69) is 4.99 Å². The number of likely N-dealkylation sites (N-methyl/N-ethyl adjacent to an activating group) is 1. The number of amidine groups is 1. The molecule has 1 heterocycles. The standard InChI is InChI=1S/C19H17FN2O2S/c1-21-19-22(2)18(23)17(25-19)11-13-7-9-15(10-8-13)24-12-14-5-3-4-6-16(14)20/h3-11H,12H2,1-2H3/b17-11-,21-19?. The molecular weight excluding hydrogens is 339 g/mol. The van der Waals surface area contributed by atoms with Crippen molar-refractivity contribution >= 4 is 28.9 Å². The number of nitrogens with zero attached hydrogens (tertiary/aromatic N) is 2. The maximum Gasteiger partial charge on any atom is 0.266 e. The van der Waals surface area contributed by atoms with Gasteiger partial charge in [0, 0.05) is 19.7 Å². The summed E-state index contributed by atoms with van der Waals surface area (Å²) in [5, 5.41) is 0.682. The molecule has 25 heavy (non-hydrogen) atoms. The Hall–Kier alpha value is -2.60. The highest BCUT2D eigenvalue weighted by Crippen LogP contribution is 2.31. The Labute approximate surface area is 150 Å². The Morgan fingerprint density at radius 3 is 2.56 bits per heavy atom. The van der Waals surface area contributed by atoms with E-state index < -0.39 is 0 Å². The molecule has 0 aromatic heterocycles. The zero-order valence-corrected chi connectivity index (χ0v) is 14.7. The van der Waals surface area contributed by atoms with Crippen molar-refractivity contribution in [2.45, 2.75) is 6.61 Å². The maximum absolute atomic E-state index is 13.6. The molecule has 0 saturated carbocycles. The van der Waals surface area contributed by atoms with Crippen LogP contribution in [0.1, 0.15) is 11.1 Å². The molecule has 0 N–H and O–H groups in total. The first-order valence-corrected chi connectivity index (χ1v) is 8.51. The predicted octanol–water partition coefficient (Wildman–Crippen LogP) is 3.94. The van der Waals surface area contributed by atoms with Crippen LogP contribution in [0.5, 0.6) is 5.75 Å². The highest BCUT2D eigenvalue weighted by molar-refractivity contribution is 8.18. The third-order valence-corrected chi connectivity index (χ3v) is 4.88. The van der Waals surface area contributed by atoms with Crippen LogP contribution in [0, 0.1) is 5.82 Å². The second-order valence-electron chi connectivity index (χ2n) is 5.43. The molecule has 3 rings (SSSR count). The number of halogens is 1. The number of aliphatic imine (C=N–C) groups is 1. The number of thioether (sulfide) groups is 1. The largest absolute Gasteiger partial charge is 0.489 e. The van der Waals surface area contributed by atoms with E-state index >= 15 is 0 Å². The molecule has 1 saturated heterocycles. The van der Waals surface area contributed by atoms with Crippen molar-refractivity contribution in [3.05, 3.63) is 70.4 Å². The van der Waals surface area contributed by atoms with Crippen LogP contribution in [0.25, 0.3) is 6.08 Å². The number of ether oxygens (including phenoxy) is 1. The number of rotatable bonds is 4. The van der Waals surface area contributed by atoms with Gasteiger partial charge in [0.05, 0.1) is 4.91 Å². The fraction of sp³-hybridized carbons (Fsp3) is 0.158. The minimum atomic E-state index is -0.280. The van der Waals surface area contributed by atoms with E-state index in [-0.39, 0.29) is 18.3 Å². The van der Waals surface area contributed by atoms with Crippen molar-refractivity contribution in [1.29, 1.82) is 0 Å². The van der Waals surface area contributed by atoms with Crippen LogP contribution in [-0.2, 0) is 11.4 Å². The third-order valence-electron chi connectivity index (χ3n) is 3.72. The van der Waals surface area contributed by atoms with E-state index in [4.69, 9.17) is 4.74 Å². The van der Waals surface area contributed by atoms with E-state index in [0.717, 1.165) is 5.56 Å². The van der Waals surface area contributed by atoms with E-state index in [9.17, 15) is 9.18 Å². The van der Waals surface area contributed by atoms with Gasteiger partial charge in [0.15, 0.2) is 5.17 Å². The lowest BCUT2D eigenvalue weighted by atomic mass is 10.2. The molecule has 6 heteroatoms. The zero-order chi connectivity index (χ0) is 17.8. The average Bonchev–Trinajstić information content (AvgIpc) is 2.90. The van der Waals surface area contributed by atoms with Crippen molar-refractivity contribution in [3.8, 4) is 5.75 Å². The van der Waals surface area contributed by atoms with E-state index in [1.807, 2.05) is 18.2 Å². The van der Waals surface area contributed by atoms with Gasteiger partial charge in [0.2, 0.25) is 0 Å². The van der Waals surface area contributed by atoms with Crippen LogP contribution < -0.4 is 4.74 Å². The summed E-state index contributed by atoms with van der Waals surface area (Å²) in [6, 6.07) is 13.9. The molecule has 4 nitrogen and oxygen atoms in total. The van der Waals surface area contributed by atoms with Crippen molar-refractivity contribution in [3.63, 3.8) is 0 Å². The van der Waals surface area contributed by atoms with Crippen molar-refractivity contribution in [2.75, 3.05) is 14.1 Å². The summed E-state index contributed by atoms with van der Waals surface area (Å²) in [6.07, 6.45) is 1.82. The van der Waals surface area contributed by atoms with Gasteiger partial charge in [-0.25, -0.2) is 4.39 Å². The van der Waals surface area contributed by atoms with Gasteiger partial charge in [-0.05, 0) is 41.6 Å². The summed E-state index contributed by atoms with van der Waals surface area (Å²) < 4.78 is 19.2. The summed E-state index contributed by atoms with van der Waals surface area (Å²) in [6.45, 7) is 0.169. The van der Waals surface area contributed by atoms with Crippen molar-refractivity contribution in [2.24, 2.45) is 4.99 Å². The Bertz CT molecular complexity index is 847. The van der Waals surface area contributed by atoms with E-state index in [0.29, 0.717) is 21.4 Å². The SMILES string of the molecule is CN=C1S/C(=C\c2ccc(OCc3ccccc3F)cc2)C(=O)N1C. The van der Waals surface area contributed by atoms with Crippen LogP contribution in [0.3, 0.4) is 0 Å². The number of carbonyl (C=O) groups is 1. The number of hydrogen-bond donors (Lipinski definition) is 0. The van der Waals surface area contributed by atoms with Crippen LogP contribution in [-0.4, -0.2) is 30.1 Å². The van der Waals surface area contributed by atoms with Gasteiger partial charge in [0.25, 0.3) is 5.91 Å². The topological polar surface area (TPSA) is 41.9 Å². The fourth-order valence-corrected chi connectivity index (χ4v) is 3.26. The Kier molecular flexibility index (Phi) is 5.19. The smallest absolute Gasteiger partial charge is 0.266 e. The fourth-order valence-electron chi connectivity index (χ4n) is 2.34. The van der Waals surface area contributed by atoms with Gasteiger partial charge in [-0.3, -0.25) is 14.7 Å². The molecular formula is C19H17FN2O2S. The number of benzene rings is 2. The minimum absolute atomic E-state index is 0.0644. The average molecular weight is 356 g/mol. The third kappa shape index (κ3) is 3.91. The zero-order valence-electron chi connectivity index (χ0n) is 13.9. The second kappa shape index (κ2) is 7.53. The van der Waals surface area contributed by atoms with Gasteiger partial charge < -0.3 is 4.74 Å². The second-order valence-corrected chi connectivity index (χ2v) is 6.44. The van der Waals surface area contributed by atoms with Gasteiger partial charge in [-0.15, -0.1) is 0 Å². The molecule has 0 bridgehead atoms. The van der Waals surface area contributed by atoms with Crippen molar-refractivity contribution in [1.82, 2.24) is 4.90 Å². The minimum Gasteiger partial charge on any atom is -0.489 e. The van der Waals surface area contributed by atoms with Crippen LogP contribution in [0.4, 0.5) is 4.39 Å². The van der Waals surface area contributed by atoms with Crippen LogP contribution >= 0.6 is 11.8 Å². The Morgan fingerprint density at radius 1 is 1.20 bits per heavy atom. The van der Waals surface area contributed by atoms with Gasteiger partial charge >= 0.3 is 0 Å². The lowest BCUT2D eigenvalue weighted by molar-refractivity contribution is -0.121. The molecule has 128 valence electrons. The van der Waals surface area contributed by atoms with Gasteiger partial charge in [0.1, 0.15) is 18.2 Å². The predicted molar refractivity (Wildman–Crippen MR) is 98.9 cm³/mol. The van der Waals surface area contributed by atoms with Crippen molar-refractivity contribution < 1.29 is 13.9 Å². The molecule has 0 unspecified atom stereocenters. The first-order valence-electron chi connectivity index (χ1n) is 7.69. The highest BCUT2D eigenvalue weighted by atomic mass is 32.2. The monoisotopic (exact) mass is 356 g/mol. The van der Waals surface area contributed by atoms with Crippen LogP contribution in [0.2, 0.25) is 0 Å². The lowest BCUT2D eigenvalue weighted by Gasteiger charge is -2.07. The number of hydrogen-bond acceptors (Lipinski definition) is 4. The van der Waals surface area contributed by atoms with E-state index in [1.165, 1.54) is 22.7 Å². The molecule has 1 amide bonds. The molecule has 1 fully saturated rings. The number of carbonyl (C=O) groups excluding carboxylic acids is 1. The molecule has 1 aliphatic rings. The summed E-state index contributed by atoms with van der Waals surface area (Å²) in [4.78, 5) is 18.4.